The number of nitrogens with one attached hydrogen (secondary N) is 3. The van der Waals surface area contributed by atoms with Crippen LogP contribution in [0.25, 0.3) is 0 Å². The van der Waals surface area contributed by atoms with E-state index in [9.17, 15) is 13.2 Å². The van der Waals surface area contributed by atoms with Gasteiger partial charge in [-0.25, -0.2) is 0 Å². The number of nitrogens with zero attached hydrogens (tertiary/aromatic N) is 2. The van der Waals surface area contributed by atoms with Gasteiger partial charge < -0.3 is 21.4 Å². The molecule has 0 atom stereocenters. The number of aliphatic imine (C=N–C) groups is 2. The highest BCUT2D eigenvalue weighted by molar-refractivity contribution is 9.10. The minimum atomic E-state index is -4.08. The van der Waals surface area contributed by atoms with Crippen LogP contribution in [0, 0.1) is 0 Å². The van der Waals surface area contributed by atoms with Crippen LogP contribution in [-0.2, 0) is 10.1 Å². The molecule has 25 heavy (non-hydrogen) atoms. The monoisotopic (exact) mass is 432 g/mol. The number of carbonyl (C=O) groups is 1. The standard InChI is InChI=1S/C13H17BrN6O4S/c14-8-6-10(18-7-8)12(21)17-3-1-2-9-11(20-13(15)19-9)16-4-5-25(22,23)24/h2,6-7,18H,1,3-5H2,(H,17,21)(H,22,23,24)(H3,15,16,19,20). The Hall–Kier alpha value is -2.18. The van der Waals surface area contributed by atoms with E-state index in [1.54, 1.807) is 18.3 Å². The number of amidine groups is 1. The van der Waals surface area contributed by atoms with E-state index in [1.807, 2.05) is 0 Å². The van der Waals surface area contributed by atoms with Gasteiger partial charge in [-0.1, -0.05) is 6.08 Å². The van der Waals surface area contributed by atoms with Crippen molar-refractivity contribution in [1.82, 2.24) is 15.6 Å². The van der Waals surface area contributed by atoms with Gasteiger partial charge in [-0.3, -0.25) is 14.3 Å². The lowest BCUT2D eigenvalue weighted by molar-refractivity contribution is 0.0950. The fourth-order valence-electron chi connectivity index (χ4n) is 1.92. The van der Waals surface area contributed by atoms with Crippen LogP contribution in [0.3, 0.4) is 0 Å². The zero-order valence-corrected chi connectivity index (χ0v) is 15.4. The van der Waals surface area contributed by atoms with Gasteiger partial charge in [-0.15, -0.1) is 0 Å². The van der Waals surface area contributed by atoms with Crippen molar-refractivity contribution in [3.05, 3.63) is 34.2 Å². The summed E-state index contributed by atoms with van der Waals surface area (Å²) in [5.74, 6) is -0.347. The summed E-state index contributed by atoms with van der Waals surface area (Å²) < 4.78 is 30.9. The number of aromatic nitrogens is 1. The molecule has 136 valence electrons. The Bertz CT molecular complexity index is 842. The number of hydrogen-bond donors (Lipinski definition) is 5. The van der Waals surface area contributed by atoms with Gasteiger partial charge in [0.25, 0.3) is 16.0 Å². The third kappa shape index (κ3) is 6.32. The molecule has 2 rings (SSSR count). The predicted molar refractivity (Wildman–Crippen MR) is 97.0 cm³/mol. The lowest BCUT2D eigenvalue weighted by atomic mass is 10.3. The number of H-pyrrole nitrogens is 1. The second-order valence-corrected chi connectivity index (χ2v) is 7.50. The lowest BCUT2D eigenvalue weighted by Gasteiger charge is -2.03. The van der Waals surface area contributed by atoms with E-state index in [0.717, 1.165) is 4.47 Å². The molecule has 0 saturated carbocycles. The van der Waals surface area contributed by atoms with Crippen molar-refractivity contribution in [2.45, 2.75) is 6.42 Å². The van der Waals surface area contributed by atoms with Gasteiger partial charge >= 0.3 is 0 Å². The molecule has 1 aromatic heterocycles. The number of nitrogens with two attached hydrogens (primary N) is 1. The molecule has 10 nitrogen and oxygen atoms in total. The summed E-state index contributed by atoms with van der Waals surface area (Å²) in [5.41, 5.74) is 6.54. The first-order chi connectivity index (χ1) is 11.7. The molecule has 1 aliphatic heterocycles. The number of guanidine groups is 1. The molecule has 0 saturated heterocycles. The molecule has 0 radical (unpaired) electrons. The lowest BCUT2D eigenvalue weighted by Crippen LogP contribution is -2.27. The Kier molecular flexibility index (Phi) is 6.33. The fourth-order valence-corrected chi connectivity index (χ4v) is 2.59. The van der Waals surface area contributed by atoms with Crippen molar-refractivity contribution in [3.8, 4) is 0 Å². The average Bonchev–Trinajstić information content (AvgIpc) is 3.08. The molecular formula is C13H17BrN6O4S. The van der Waals surface area contributed by atoms with Crippen LogP contribution in [0.2, 0.25) is 0 Å². The Morgan fingerprint density at radius 3 is 2.92 bits per heavy atom. The number of amides is 1. The van der Waals surface area contributed by atoms with Gasteiger partial charge in [0.1, 0.15) is 5.69 Å². The number of hydrogen-bond acceptors (Lipinski definition) is 6. The molecule has 1 amide bonds. The molecule has 0 bridgehead atoms. The van der Waals surface area contributed by atoms with E-state index in [1.165, 1.54) is 0 Å². The van der Waals surface area contributed by atoms with E-state index < -0.39 is 15.9 Å². The van der Waals surface area contributed by atoms with E-state index >= 15 is 0 Å². The third-order valence-corrected chi connectivity index (χ3v) is 4.17. The van der Waals surface area contributed by atoms with Gasteiger partial charge in [0, 0.05) is 17.2 Å². The third-order valence-electron chi connectivity index (χ3n) is 3.01. The van der Waals surface area contributed by atoms with E-state index in [4.69, 9.17) is 10.3 Å². The summed E-state index contributed by atoms with van der Waals surface area (Å²) in [5, 5.41) is 5.54. The van der Waals surface area contributed by atoms with E-state index in [0.29, 0.717) is 24.4 Å². The summed E-state index contributed by atoms with van der Waals surface area (Å²) in [7, 11) is -4.08. The van der Waals surface area contributed by atoms with Gasteiger partial charge in [0.05, 0.1) is 18.0 Å². The molecule has 2 heterocycles. The highest BCUT2D eigenvalue weighted by atomic mass is 79.9. The first kappa shape index (κ1) is 19.1. The zero-order valence-electron chi connectivity index (χ0n) is 13.0. The normalized spacial score (nSPS) is 17.6. The van der Waals surface area contributed by atoms with E-state index in [2.05, 4.69) is 41.5 Å². The molecule has 1 aromatic rings. The van der Waals surface area contributed by atoms with Gasteiger partial charge in [-0.05, 0) is 28.4 Å². The summed E-state index contributed by atoms with van der Waals surface area (Å²) in [6.07, 6.45) is 3.88. The van der Waals surface area contributed by atoms with Crippen molar-refractivity contribution >= 4 is 43.8 Å². The smallest absolute Gasteiger partial charge is 0.267 e. The maximum Gasteiger partial charge on any atom is 0.267 e. The maximum atomic E-state index is 11.9. The number of carbonyl (C=O) groups excluding carboxylic acids is 1. The molecule has 0 aliphatic carbocycles. The molecule has 1 aliphatic rings. The summed E-state index contributed by atoms with van der Waals surface area (Å²) >= 11 is 3.25. The molecule has 12 heteroatoms. The Balaban J connectivity index is 1.86. The molecule has 0 unspecified atom stereocenters. The fraction of sp³-hybridized carbons (Fsp3) is 0.308. The van der Waals surface area contributed by atoms with E-state index in [-0.39, 0.29) is 24.2 Å². The summed E-state index contributed by atoms with van der Waals surface area (Å²) in [6, 6.07) is 1.67. The minimum Gasteiger partial charge on any atom is -0.369 e. The molecular weight excluding hydrogens is 416 g/mol. The maximum absolute atomic E-state index is 11.9. The van der Waals surface area contributed by atoms with Crippen molar-refractivity contribution < 1.29 is 17.8 Å². The topological polar surface area (TPSA) is 162 Å². The SMILES string of the molecule is NC1=NC(=NCCS(=O)(=O)O)C(=CCCNC(=O)c2cc(Br)c[nH]2)N1. The Morgan fingerprint density at radius 2 is 2.28 bits per heavy atom. The van der Waals surface area contributed by atoms with Gasteiger partial charge in [-0.2, -0.15) is 13.4 Å². The highest BCUT2D eigenvalue weighted by Gasteiger charge is 2.16. The summed E-state index contributed by atoms with van der Waals surface area (Å²) in [6.45, 7) is 0.237. The number of rotatable bonds is 7. The average molecular weight is 433 g/mol. The molecule has 6 N–H and O–H groups in total. The van der Waals surface area contributed by atoms with Crippen LogP contribution < -0.4 is 16.4 Å². The quantitative estimate of drug-likeness (QED) is 0.300. The van der Waals surface area contributed by atoms with Crippen LogP contribution in [0.5, 0.6) is 0 Å². The van der Waals surface area contributed by atoms with Crippen LogP contribution in [0.1, 0.15) is 16.9 Å². The molecule has 0 spiro atoms. The Morgan fingerprint density at radius 1 is 1.52 bits per heavy atom. The second-order valence-electron chi connectivity index (χ2n) is 5.01. The number of halogens is 1. The molecule has 0 fully saturated rings. The van der Waals surface area contributed by atoms with Crippen LogP contribution >= 0.6 is 15.9 Å². The molecule has 0 aromatic carbocycles. The highest BCUT2D eigenvalue weighted by Crippen LogP contribution is 2.10. The first-order valence-corrected chi connectivity index (χ1v) is 9.58. The minimum absolute atomic E-state index is 0.136. The zero-order chi connectivity index (χ0) is 18.4. The van der Waals surface area contributed by atoms with Crippen LogP contribution in [0.15, 0.2) is 38.5 Å². The van der Waals surface area contributed by atoms with Crippen molar-refractivity contribution in [1.29, 1.82) is 0 Å². The number of aromatic amines is 1. The van der Waals surface area contributed by atoms with Crippen molar-refractivity contribution in [3.63, 3.8) is 0 Å². The van der Waals surface area contributed by atoms with Crippen molar-refractivity contribution in [2.75, 3.05) is 18.8 Å². The van der Waals surface area contributed by atoms with Gasteiger partial charge in [0.15, 0.2) is 11.8 Å². The van der Waals surface area contributed by atoms with Crippen LogP contribution in [0.4, 0.5) is 0 Å². The van der Waals surface area contributed by atoms with Crippen LogP contribution in [-0.4, -0.2) is 54.5 Å². The summed E-state index contributed by atoms with van der Waals surface area (Å²) in [4.78, 5) is 22.6. The largest absolute Gasteiger partial charge is 0.369 e. The predicted octanol–water partition coefficient (Wildman–Crippen LogP) is -0.0148. The van der Waals surface area contributed by atoms with Crippen molar-refractivity contribution in [2.24, 2.45) is 15.7 Å². The first-order valence-electron chi connectivity index (χ1n) is 7.18. The van der Waals surface area contributed by atoms with Gasteiger partial charge in [0.2, 0.25) is 0 Å². The second kappa shape index (κ2) is 8.27. The Labute approximate surface area is 152 Å².